The number of aromatic nitrogens is 1. The molecule has 2 heterocycles. The van der Waals surface area contributed by atoms with E-state index in [4.69, 9.17) is 5.73 Å². The maximum Gasteiger partial charge on any atom is 0.253 e. The average molecular weight is 330 g/mol. The third-order valence-corrected chi connectivity index (χ3v) is 5.37. The number of hydrogen-bond donors (Lipinski definition) is 1. The van der Waals surface area contributed by atoms with Crippen LogP contribution < -0.4 is 10.6 Å². The van der Waals surface area contributed by atoms with Gasteiger partial charge in [0.25, 0.3) is 5.91 Å². The van der Waals surface area contributed by atoms with Gasteiger partial charge in [-0.05, 0) is 24.1 Å². The van der Waals surface area contributed by atoms with E-state index in [1.165, 1.54) is 4.88 Å². The monoisotopic (exact) mass is 330 g/mol. The van der Waals surface area contributed by atoms with Gasteiger partial charge in [-0.3, -0.25) is 4.79 Å². The average Bonchev–Trinajstić information content (AvgIpc) is 3.10. The minimum Gasteiger partial charge on any atom is -0.345 e. The first-order valence-electron chi connectivity index (χ1n) is 7.99. The number of anilines is 1. The quantitative estimate of drug-likeness (QED) is 0.933. The highest BCUT2D eigenvalue weighted by molar-refractivity contribution is 7.15. The van der Waals surface area contributed by atoms with E-state index in [-0.39, 0.29) is 5.91 Å². The van der Waals surface area contributed by atoms with Crippen molar-refractivity contribution in [2.75, 3.05) is 31.1 Å². The molecule has 0 bridgehead atoms. The van der Waals surface area contributed by atoms with Crippen molar-refractivity contribution >= 4 is 22.4 Å². The zero-order valence-corrected chi connectivity index (χ0v) is 14.2. The van der Waals surface area contributed by atoms with E-state index in [0.717, 1.165) is 48.9 Å². The van der Waals surface area contributed by atoms with Crippen LogP contribution in [0.25, 0.3) is 0 Å². The van der Waals surface area contributed by atoms with E-state index >= 15 is 0 Å². The van der Waals surface area contributed by atoms with Crippen LogP contribution >= 0.6 is 11.3 Å². The molecule has 6 heteroatoms. The SMILES string of the molecule is CCc1cnc(N2CCN(C(=O)c3ccc(CN)cc3)CC2)s1. The standard InChI is InChI=1S/C17H22N4OS/c1-2-15-12-19-17(23-15)21-9-7-20(8-10-21)16(22)14-5-3-13(11-18)4-6-14/h3-6,12H,2,7-11,18H2,1H3. The zero-order valence-electron chi connectivity index (χ0n) is 13.4. The molecule has 2 aromatic rings. The highest BCUT2D eigenvalue weighted by atomic mass is 32.1. The minimum absolute atomic E-state index is 0.0987. The summed E-state index contributed by atoms with van der Waals surface area (Å²) in [4.78, 5) is 22.5. The van der Waals surface area contributed by atoms with Crippen LogP contribution in [0.3, 0.4) is 0 Å². The summed E-state index contributed by atoms with van der Waals surface area (Å²) in [6, 6.07) is 7.58. The van der Waals surface area contributed by atoms with Crippen molar-refractivity contribution in [2.24, 2.45) is 5.73 Å². The highest BCUT2D eigenvalue weighted by Gasteiger charge is 2.23. The summed E-state index contributed by atoms with van der Waals surface area (Å²) < 4.78 is 0. The molecule has 1 aliphatic heterocycles. The number of thiazole rings is 1. The lowest BCUT2D eigenvalue weighted by Crippen LogP contribution is -2.48. The molecule has 0 saturated carbocycles. The molecule has 1 aromatic heterocycles. The molecular weight excluding hydrogens is 308 g/mol. The molecule has 0 atom stereocenters. The Balaban J connectivity index is 1.60. The van der Waals surface area contributed by atoms with Gasteiger partial charge in [0, 0.05) is 49.4 Å². The Morgan fingerprint density at radius 3 is 2.48 bits per heavy atom. The second-order valence-corrected chi connectivity index (χ2v) is 6.74. The van der Waals surface area contributed by atoms with Crippen LogP contribution in [0.5, 0.6) is 0 Å². The fourth-order valence-electron chi connectivity index (χ4n) is 2.67. The van der Waals surface area contributed by atoms with Crippen molar-refractivity contribution in [3.05, 3.63) is 46.5 Å². The van der Waals surface area contributed by atoms with Crippen molar-refractivity contribution in [3.8, 4) is 0 Å². The summed E-state index contributed by atoms with van der Waals surface area (Å²) in [5, 5.41) is 1.07. The largest absolute Gasteiger partial charge is 0.345 e. The van der Waals surface area contributed by atoms with Crippen LogP contribution in [0.1, 0.15) is 27.7 Å². The van der Waals surface area contributed by atoms with Crippen LogP contribution in [0, 0.1) is 0 Å². The van der Waals surface area contributed by atoms with E-state index in [0.29, 0.717) is 6.54 Å². The van der Waals surface area contributed by atoms with Crippen LogP contribution in [0.15, 0.2) is 30.5 Å². The maximum absolute atomic E-state index is 12.6. The number of benzene rings is 1. The van der Waals surface area contributed by atoms with Crippen molar-refractivity contribution < 1.29 is 4.79 Å². The van der Waals surface area contributed by atoms with Crippen molar-refractivity contribution in [1.82, 2.24) is 9.88 Å². The first-order valence-corrected chi connectivity index (χ1v) is 8.81. The van der Waals surface area contributed by atoms with Gasteiger partial charge in [-0.2, -0.15) is 0 Å². The number of nitrogens with two attached hydrogens (primary N) is 1. The lowest BCUT2D eigenvalue weighted by molar-refractivity contribution is 0.0747. The number of hydrogen-bond acceptors (Lipinski definition) is 5. The second kappa shape index (κ2) is 7.10. The number of aryl methyl sites for hydroxylation is 1. The lowest BCUT2D eigenvalue weighted by Gasteiger charge is -2.34. The molecule has 23 heavy (non-hydrogen) atoms. The summed E-state index contributed by atoms with van der Waals surface area (Å²) >= 11 is 1.75. The summed E-state index contributed by atoms with van der Waals surface area (Å²) in [6.07, 6.45) is 2.98. The minimum atomic E-state index is 0.0987. The van der Waals surface area contributed by atoms with E-state index in [2.05, 4.69) is 16.8 Å². The van der Waals surface area contributed by atoms with Gasteiger partial charge >= 0.3 is 0 Å². The molecule has 1 aliphatic rings. The molecule has 1 fully saturated rings. The second-order valence-electron chi connectivity index (χ2n) is 5.64. The molecule has 1 amide bonds. The first-order chi connectivity index (χ1) is 11.2. The molecular formula is C17H22N4OS. The highest BCUT2D eigenvalue weighted by Crippen LogP contribution is 2.24. The first kappa shape index (κ1) is 16.0. The smallest absolute Gasteiger partial charge is 0.253 e. The molecule has 0 spiro atoms. The van der Waals surface area contributed by atoms with Gasteiger partial charge in [-0.15, -0.1) is 11.3 Å². The molecule has 0 aliphatic carbocycles. The van der Waals surface area contributed by atoms with Gasteiger partial charge in [0.05, 0.1) is 0 Å². The number of rotatable bonds is 4. The van der Waals surface area contributed by atoms with Gasteiger partial charge in [-0.25, -0.2) is 4.98 Å². The fourth-order valence-corrected chi connectivity index (χ4v) is 3.57. The predicted octanol–water partition coefficient (Wildman–Crippen LogP) is 2.13. The number of amides is 1. The Labute approximate surface area is 140 Å². The van der Waals surface area contributed by atoms with Crippen LogP contribution in [-0.4, -0.2) is 42.0 Å². The van der Waals surface area contributed by atoms with Crippen LogP contribution in [-0.2, 0) is 13.0 Å². The van der Waals surface area contributed by atoms with Gasteiger partial charge in [-0.1, -0.05) is 19.1 Å². The Morgan fingerprint density at radius 1 is 1.22 bits per heavy atom. The van der Waals surface area contributed by atoms with E-state index in [1.807, 2.05) is 35.4 Å². The Hall–Kier alpha value is -1.92. The van der Waals surface area contributed by atoms with Crippen LogP contribution in [0.4, 0.5) is 5.13 Å². The molecule has 1 aromatic carbocycles. The topological polar surface area (TPSA) is 62.5 Å². The van der Waals surface area contributed by atoms with E-state index in [9.17, 15) is 4.79 Å². The van der Waals surface area contributed by atoms with Crippen molar-refractivity contribution in [2.45, 2.75) is 19.9 Å². The Bertz CT molecular complexity index is 659. The molecule has 1 saturated heterocycles. The Morgan fingerprint density at radius 2 is 1.91 bits per heavy atom. The number of carbonyl (C=O) groups is 1. The lowest BCUT2D eigenvalue weighted by atomic mass is 10.1. The zero-order chi connectivity index (χ0) is 16.2. The van der Waals surface area contributed by atoms with Gasteiger partial charge in [0.2, 0.25) is 0 Å². The molecule has 2 N–H and O–H groups in total. The number of piperazine rings is 1. The van der Waals surface area contributed by atoms with E-state index in [1.54, 1.807) is 11.3 Å². The molecule has 3 rings (SSSR count). The summed E-state index contributed by atoms with van der Waals surface area (Å²) in [7, 11) is 0. The molecule has 5 nitrogen and oxygen atoms in total. The van der Waals surface area contributed by atoms with Gasteiger partial charge < -0.3 is 15.5 Å². The molecule has 122 valence electrons. The maximum atomic E-state index is 12.6. The Kier molecular flexibility index (Phi) is 4.93. The fraction of sp³-hybridized carbons (Fsp3) is 0.412. The van der Waals surface area contributed by atoms with Gasteiger partial charge in [0.1, 0.15) is 0 Å². The van der Waals surface area contributed by atoms with E-state index < -0.39 is 0 Å². The third-order valence-electron chi connectivity index (χ3n) is 4.16. The molecule has 0 radical (unpaired) electrons. The third kappa shape index (κ3) is 3.54. The summed E-state index contributed by atoms with van der Waals surface area (Å²) in [6.45, 7) is 5.79. The van der Waals surface area contributed by atoms with Crippen LogP contribution in [0.2, 0.25) is 0 Å². The normalized spacial score (nSPS) is 15.0. The van der Waals surface area contributed by atoms with Gasteiger partial charge in [0.15, 0.2) is 5.13 Å². The molecule has 0 unspecified atom stereocenters. The predicted molar refractivity (Wildman–Crippen MR) is 93.9 cm³/mol. The van der Waals surface area contributed by atoms with Crippen molar-refractivity contribution in [1.29, 1.82) is 0 Å². The summed E-state index contributed by atoms with van der Waals surface area (Å²) in [5.41, 5.74) is 7.37. The number of nitrogens with zero attached hydrogens (tertiary/aromatic N) is 3. The number of carbonyl (C=O) groups excluding carboxylic acids is 1. The van der Waals surface area contributed by atoms with Crippen molar-refractivity contribution in [3.63, 3.8) is 0 Å². The summed E-state index contributed by atoms with van der Waals surface area (Å²) in [5.74, 6) is 0.0987.